The number of fused-ring (bicyclic) bond motifs is 2. The summed E-state index contributed by atoms with van der Waals surface area (Å²) in [6, 6.07) is 13.1. The minimum absolute atomic E-state index is 0.0366. The van der Waals surface area contributed by atoms with E-state index in [2.05, 4.69) is 44.1 Å². The van der Waals surface area contributed by atoms with Crippen molar-refractivity contribution >= 4 is 5.65 Å². The first-order valence-electron chi connectivity index (χ1n) is 9.77. The van der Waals surface area contributed by atoms with Gasteiger partial charge in [-0.1, -0.05) is 24.3 Å². The van der Waals surface area contributed by atoms with Gasteiger partial charge in [0.05, 0.1) is 5.69 Å². The van der Waals surface area contributed by atoms with Gasteiger partial charge in [0, 0.05) is 56.6 Å². The second-order valence-corrected chi connectivity index (χ2v) is 7.86. The van der Waals surface area contributed by atoms with E-state index in [1.807, 2.05) is 13.0 Å². The number of aryl methyl sites for hydroxylation is 1. The molecule has 0 bridgehead atoms. The molecule has 27 heavy (non-hydrogen) atoms. The molecule has 1 fully saturated rings. The number of aromatic amines is 1. The Labute approximate surface area is 158 Å². The Hall–Kier alpha value is -2.44. The molecule has 0 atom stereocenters. The fourth-order valence-electron chi connectivity index (χ4n) is 4.55. The monoisotopic (exact) mass is 363 g/mol. The van der Waals surface area contributed by atoms with Crippen molar-refractivity contribution in [3.63, 3.8) is 0 Å². The predicted octanol–water partition coefficient (Wildman–Crippen LogP) is 1.62. The van der Waals surface area contributed by atoms with Crippen LogP contribution in [0.5, 0.6) is 0 Å². The van der Waals surface area contributed by atoms with Crippen molar-refractivity contribution < 1.29 is 0 Å². The number of nitrogens with one attached hydrogen (secondary N) is 1. The van der Waals surface area contributed by atoms with Crippen LogP contribution in [0.4, 0.5) is 0 Å². The lowest BCUT2D eigenvalue weighted by Gasteiger charge is -2.37. The standard InChI is InChI=1S/C21H25N5O/c1-15-10-20-22-18(13-21(27)26(20)23-15)14-24-6-8-25(9-7-24)19-11-16-4-2-3-5-17(16)12-19/h2-5,10,13,19,23H,6-9,11-12,14H2,1H3. The van der Waals surface area contributed by atoms with Gasteiger partial charge in [-0.2, -0.15) is 0 Å². The molecular weight excluding hydrogens is 338 g/mol. The van der Waals surface area contributed by atoms with E-state index in [-0.39, 0.29) is 5.56 Å². The number of hydrogen-bond donors (Lipinski definition) is 1. The Morgan fingerprint density at radius 2 is 1.78 bits per heavy atom. The van der Waals surface area contributed by atoms with Crippen molar-refractivity contribution in [2.45, 2.75) is 32.4 Å². The van der Waals surface area contributed by atoms with Gasteiger partial charge >= 0.3 is 0 Å². The number of nitrogens with zero attached hydrogens (tertiary/aromatic N) is 4. The third-order valence-electron chi connectivity index (χ3n) is 5.97. The summed E-state index contributed by atoms with van der Waals surface area (Å²) in [6.45, 7) is 6.91. The normalized spacial score (nSPS) is 19.0. The number of piperazine rings is 1. The average molecular weight is 363 g/mol. The molecule has 0 saturated carbocycles. The van der Waals surface area contributed by atoms with E-state index < -0.39 is 0 Å². The first kappa shape index (κ1) is 16.7. The van der Waals surface area contributed by atoms with Crippen molar-refractivity contribution in [1.82, 2.24) is 24.4 Å². The number of rotatable bonds is 3. The SMILES string of the molecule is Cc1cc2nc(CN3CCN(C4Cc5ccccc5C4)CC3)cc(=O)n2[nH]1. The number of H-pyrrole nitrogens is 1. The van der Waals surface area contributed by atoms with Gasteiger partial charge in [-0.15, -0.1) is 0 Å². The third kappa shape index (κ3) is 3.19. The highest BCUT2D eigenvalue weighted by atomic mass is 16.1. The van der Waals surface area contributed by atoms with Crippen molar-refractivity contribution in [1.29, 1.82) is 0 Å². The first-order chi connectivity index (χ1) is 13.2. The molecule has 3 aromatic rings. The van der Waals surface area contributed by atoms with Crippen molar-refractivity contribution in [3.05, 3.63) is 69.3 Å². The molecule has 6 nitrogen and oxygen atoms in total. The summed E-state index contributed by atoms with van der Waals surface area (Å²) in [5, 5.41) is 3.02. The summed E-state index contributed by atoms with van der Waals surface area (Å²) in [7, 11) is 0. The van der Waals surface area contributed by atoms with Crippen LogP contribution in [0.3, 0.4) is 0 Å². The summed E-state index contributed by atoms with van der Waals surface area (Å²) in [6.07, 6.45) is 2.36. The average Bonchev–Trinajstić information content (AvgIpc) is 3.25. The van der Waals surface area contributed by atoms with Gasteiger partial charge in [0.2, 0.25) is 0 Å². The van der Waals surface area contributed by atoms with Gasteiger partial charge in [-0.25, -0.2) is 9.50 Å². The van der Waals surface area contributed by atoms with Crippen LogP contribution in [0.2, 0.25) is 0 Å². The zero-order valence-corrected chi connectivity index (χ0v) is 15.7. The zero-order chi connectivity index (χ0) is 18.4. The maximum absolute atomic E-state index is 12.3. The molecule has 6 heteroatoms. The molecule has 1 saturated heterocycles. The molecule has 5 rings (SSSR count). The Morgan fingerprint density at radius 3 is 2.48 bits per heavy atom. The predicted molar refractivity (Wildman–Crippen MR) is 105 cm³/mol. The van der Waals surface area contributed by atoms with Crippen LogP contribution in [0.25, 0.3) is 5.65 Å². The molecule has 0 amide bonds. The van der Waals surface area contributed by atoms with Crippen LogP contribution in [-0.4, -0.2) is 56.6 Å². The molecule has 2 aromatic heterocycles. The van der Waals surface area contributed by atoms with Gasteiger partial charge in [0.1, 0.15) is 0 Å². The second-order valence-electron chi connectivity index (χ2n) is 7.86. The lowest BCUT2D eigenvalue weighted by Crippen LogP contribution is -2.50. The second kappa shape index (κ2) is 6.62. The topological polar surface area (TPSA) is 56.6 Å². The third-order valence-corrected chi connectivity index (χ3v) is 5.97. The van der Waals surface area contributed by atoms with Gasteiger partial charge < -0.3 is 0 Å². The molecule has 0 spiro atoms. The fraction of sp³-hybridized carbons (Fsp3) is 0.429. The lowest BCUT2D eigenvalue weighted by atomic mass is 10.1. The van der Waals surface area contributed by atoms with E-state index in [0.717, 1.165) is 44.1 Å². The Balaban J connectivity index is 1.22. The molecular formula is C21H25N5O. The molecule has 2 aliphatic rings. The molecule has 0 unspecified atom stereocenters. The quantitative estimate of drug-likeness (QED) is 0.768. The van der Waals surface area contributed by atoms with Crippen molar-refractivity contribution in [2.75, 3.05) is 26.2 Å². The van der Waals surface area contributed by atoms with Crippen molar-refractivity contribution in [2.24, 2.45) is 0 Å². The van der Waals surface area contributed by atoms with Crippen LogP contribution >= 0.6 is 0 Å². The first-order valence-corrected chi connectivity index (χ1v) is 9.77. The highest BCUT2D eigenvalue weighted by molar-refractivity contribution is 5.39. The Kier molecular flexibility index (Phi) is 4.10. The van der Waals surface area contributed by atoms with Crippen LogP contribution in [0, 0.1) is 6.92 Å². The van der Waals surface area contributed by atoms with Crippen LogP contribution in [-0.2, 0) is 19.4 Å². The summed E-state index contributed by atoms with van der Waals surface area (Å²) in [4.78, 5) is 22.0. The van der Waals surface area contributed by atoms with Crippen LogP contribution in [0.1, 0.15) is 22.5 Å². The molecule has 1 aromatic carbocycles. The summed E-state index contributed by atoms with van der Waals surface area (Å²) < 4.78 is 1.51. The maximum atomic E-state index is 12.3. The van der Waals surface area contributed by atoms with Gasteiger partial charge in [0.15, 0.2) is 5.65 Å². The Morgan fingerprint density at radius 1 is 1.07 bits per heavy atom. The molecule has 1 aliphatic heterocycles. The number of aromatic nitrogens is 3. The fourth-order valence-corrected chi connectivity index (χ4v) is 4.55. The maximum Gasteiger partial charge on any atom is 0.272 e. The van der Waals surface area contributed by atoms with Gasteiger partial charge in [-0.3, -0.25) is 19.7 Å². The number of benzene rings is 1. The lowest BCUT2D eigenvalue weighted by molar-refractivity contribution is 0.0942. The zero-order valence-electron chi connectivity index (χ0n) is 15.7. The van der Waals surface area contributed by atoms with E-state index >= 15 is 0 Å². The molecule has 1 aliphatic carbocycles. The Bertz CT molecular complexity index is 1000. The summed E-state index contributed by atoms with van der Waals surface area (Å²) >= 11 is 0. The van der Waals surface area contributed by atoms with E-state index in [4.69, 9.17) is 0 Å². The molecule has 0 radical (unpaired) electrons. The van der Waals surface area contributed by atoms with E-state index in [0.29, 0.717) is 11.7 Å². The summed E-state index contributed by atoms with van der Waals surface area (Å²) in [5.41, 5.74) is 5.51. The highest BCUT2D eigenvalue weighted by Crippen LogP contribution is 2.26. The largest absolute Gasteiger partial charge is 0.297 e. The number of hydrogen-bond acceptors (Lipinski definition) is 4. The highest BCUT2D eigenvalue weighted by Gasteiger charge is 2.29. The van der Waals surface area contributed by atoms with Crippen molar-refractivity contribution in [3.8, 4) is 0 Å². The molecule has 3 heterocycles. The molecule has 1 N–H and O–H groups in total. The van der Waals surface area contributed by atoms with Crippen LogP contribution in [0.15, 0.2) is 41.2 Å². The minimum Gasteiger partial charge on any atom is -0.297 e. The smallest absolute Gasteiger partial charge is 0.272 e. The van der Waals surface area contributed by atoms with E-state index in [9.17, 15) is 4.79 Å². The van der Waals surface area contributed by atoms with E-state index in [1.165, 1.54) is 28.5 Å². The van der Waals surface area contributed by atoms with Gasteiger partial charge in [0.25, 0.3) is 5.56 Å². The minimum atomic E-state index is -0.0366. The summed E-state index contributed by atoms with van der Waals surface area (Å²) in [5.74, 6) is 0. The van der Waals surface area contributed by atoms with Gasteiger partial charge in [-0.05, 0) is 30.9 Å². The molecule has 140 valence electrons. The van der Waals surface area contributed by atoms with E-state index in [1.54, 1.807) is 6.07 Å². The van der Waals surface area contributed by atoms with Crippen LogP contribution < -0.4 is 5.56 Å².